The zero-order chi connectivity index (χ0) is 5.70. The van der Waals surface area contributed by atoms with Crippen molar-refractivity contribution < 1.29 is 4.18 Å². The minimum absolute atomic E-state index is 0.303. The first-order valence-corrected chi connectivity index (χ1v) is 4.33. The van der Waals surface area contributed by atoms with Gasteiger partial charge < -0.3 is 4.18 Å². The molecule has 0 rings (SSSR count). The van der Waals surface area contributed by atoms with Crippen molar-refractivity contribution in [3.05, 3.63) is 12.7 Å². The third kappa shape index (κ3) is 6.27. The van der Waals surface area contributed by atoms with E-state index in [4.69, 9.17) is 15.4 Å². The van der Waals surface area contributed by atoms with Crippen molar-refractivity contribution in [1.82, 2.24) is 0 Å². The molecule has 42 valence electrons. The van der Waals surface area contributed by atoms with Gasteiger partial charge in [0, 0.05) is 16.0 Å². The Morgan fingerprint density at radius 1 is 2.00 bits per heavy atom. The molecular weight excluding hydrogens is 128 g/mol. The fourth-order valence-corrected chi connectivity index (χ4v) is 0.598. The molecule has 0 aromatic heterocycles. The van der Waals surface area contributed by atoms with Gasteiger partial charge in [-0.15, -0.1) is 6.58 Å². The molecule has 0 aliphatic heterocycles. The number of rotatable bonds is 3. The summed E-state index contributed by atoms with van der Waals surface area (Å²) in [7, 11) is -0.303. The second-order valence-corrected chi connectivity index (χ2v) is 3.42. The van der Waals surface area contributed by atoms with Crippen LogP contribution < -0.4 is 0 Å². The molecule has 3 heteroatoms. The highest BCUT2D eigenvalue weighted by molar-refractivity contribution is 8.25. The molecule has 0 N–H and O–H groups in total. The molecule has 0 bridgehead atoms. The molecule has 1 nitrogen and oxygen atoms in total. The molecule has 7 heavy (non-hydrogen) atoms. The summed E-state index contributed by atoms with van der Waals surface area (Å²) in [5.74, 6) is 0. The zero-order valence-corrected chi connectivity index (χ0v) is 5.85. The molecule has 0 spiro atoms. The lowest BCUT2D eigenvalue weighted by Gasteiger charge is -1.92. The van der Waals surface area contributed by atoms with Gasteiger partial charge in [-0.05, 0) is 11.2 Å². The molecule has 0 saturated heterocycles. The van der Waals surface area contributed by atoms with Crippen LogP contribution in [-0.2, 0) is 25.1 Å². The van der Waals surface area contributed by atoms with E-state index in [0.29, 0.717) is 6.61 Å². The SMILES string of the molecule is C=CCOS(C)=S. The monoisotopic (exact) mass is 136 g/mol. The lowest BCUT2D eigenvalue weighted by molar-refractivity contribution is 0.426. The van der Waals surface area contributed by atoms with E-state index in [1.807, 2.05) is 6.26 Å². The van der Waals surface area contributed by atoms with Crippen molar-refractivity contribution in [2.24, 2.45) is 0 Å². The molecular formula is C4H8OS2. The summed E-state index contributed by atoms with van der Waals surface area (Å²) >= 11 is 4.70. The first kappa shape index (κ1) is 7.27. The van der Waals surface area contributed by atoms with Crippen molar-refractivity contribution in [3.8, 4) is 0 Å². The van der Waals surface area contributed by atoms with Gasteiger partial charge in [0.05, 0.1) is 6.61 Å². The highest BCUT2D eigenvalue weighted by atomic mass is 32.8. The maximum absolute atomic E-state index is 4.92. The van der Waals surface area contributed by atoms with Crippen LogP contribution in [0, 0.1) is 0 Å². The molecule has 0 aromatic rings. The van der Waals surface area contributed by atoms with Crippen LogP contribution in [0.15, 0.2) is 12.7 Å². The number of hydrogen-bond donors (Lipinski definition) is 0. The maximum Gasteiger partial charge on any atom is 0.0795 e. The molecule has 0 aliphatic carbocycles. The van der Waals surface area contributed by atoms with Crippen LogP contribution in [0.2, 0.25) is 0 Å². The molecule has 0 heterocycles. The van der Waals surface area contributed by atoms with Gasteiger partial charge in [-0.2, -0.15) is 0 Å². The van der Waals surface area contributed by atoms with E-state index in [0.717, 1.165) is 0 Å². The van der Waals surface area contributed by atoms with E-state index in [2.05, 4.69) is 6.58 Å². The van der Waals surface area contributed by atoms with E-state index in [9.17, 15) is 0 Å². The van der Waals surface area contributed by atoms with Crippen LogP contribution in [0.3, 0.4) is 0 Å². The normalized spacial score (nSPS) is 13.3. The average Bonchev–Trinajstić information content (AvgIpc) is 1.61. The van der Waals surface area contributed by atoms with Crippen LogP contribution in [0.5, 0.6) is 0 Å². The summed E-state index contributed by atoms with van der Waals surface area (Å²) in [4.78, 5) is 0. The standard InChI is InChI=1S/C4H8OS2/c1-3-4-5-7(2)6/h3H,1,4H2,2H3. The van der Waals surface area contributed by atoms with E-state index >= 15 is 0 Å². The van der Waals surface area contributed by atoms with Crippen LogP contribution in [0.1, 0.15) is 0 Å². The summed E-state index contributed by atoms with van der Waals surface area (Å²) in [5, 5.41) is 0. The Morgan fingerprint density at radius 3 is 2.71 bits per heavy atom. The van der Waals surface area contributed by atoms with Crippen LogP contribution in [0.4, 0.5) is 0 Å². The molecule has 0 amide bonds. The fraction of sp³-hybridized carbons (Fsp3) is 0.500. The van der Waals surface area contributed by atoms with Gasteiger partial charge in [-0.3, -0.25) is 0 Å². The quantitative estimate of drug-likeness (QED) is 0.531. The Morgan fingerprint density at radius 2 is 2.57 bits per heavy atom. The van der Waals surface area contributed by atoms with Gasteiger partial charge >= 0.3 is 0 Å². The van der Waals surface area contributed by atoms with Crippen molar-refractivity contribution in [2.75, 3.05) is 12.9 Å². The van der Waals surface area contributed by atoms with Crippen molar-refractivity contribution >= 4 is 20.9 Å². The molecule has 0 radical (unpaired) electrons. The summed E-state index contributed by atoms with van der Waals surface area (Å²) < 4.78 is 4.92. The van der Waals surface area contributed by atoms with Crippen LogP contribution in [0.25, 0.3) is 0 Å². The van der Waals surface area contributed by atoms with E-state index in [-0.39, 0.29) is 9.74 Å². The second-order valence-electron chi connectivity index (χ2n) is 0.975. The molecule has 0 aromatic carbocycles. The van der Waals surface area contributed by atoms with E-state index < -0.39 is 0 Å². The molecule has 1 atom stereocenters. The summed E-state index contributed by atoms with van der Waals surface area (Å²) in [6, 6.07) is 0. The first-order valence-electron chi connectivity index (χ1n) is 1.85. The second kappa shape index (κ2) is 4.43. The molecule has 1 unspecified atom stereocenters. The highest BCUT2D eigenvalue weighted by Gasteiger charge is 1.76. The average molecular weight is 136 g/mol. The van der Waals surface area contributed by atoms with Gasteiger partial charge in [0.1, 0.15) is 0 Å². The molecule has 0 saturated carbocycles. The van der Waals surface area contributed by atoms with Gasteiger partial charge in [0.2, 0.25) is 0 Å². The van der Waals surface area contributed by atoms with Crippen LogP contribution >= 0.6 is 0 Å². The van der Waals surface area contributed by atoms with E-state index in [1.54, 1.807) is 6.08 Å². The van der Waals surface area contributed by atoms with Crippen molar-refractivity contribution in [3.63, 3.8) is 0 Å². The third-order valence-electron chi connectivity index (χ3n) is 0.352. The third-order valence-corrected chi connectivity index (χ3v) is 1.11. The Balaban J connectivity index is 2.97. The predicted molar refractivity (Wildman–Crippen MR) is 36.8 cm³/mol. The highest BCUT2D eigenvalue weighted by Crippen LogP contribution is 1.77. The fourth-order valence-electron chi connectivity index (χ4n) is 0.144. The minimum Gasteiger partial charge on any atom is -0.309 e. The Hall–Kier alpha value is 0.270. The van der Waals surface area contributed by atoms with Crippen molar-refractivity contribution in [2.45, 2.75) is 0 Å². The zero-order valence-electron chi connectivity index (χ0n) is 4.22. The van der Waals surface area contributed by atoms with Gasteiger partial charge in [-0.1, -0.05) is 6.08 Å². The van der Waals surface area contributed by atoms with Crippen molar-refractivity contribution in [1.29, 1.82) is 0 Å². The van der Waals surface area contributed by atoms with Gasteiger partial charge in [-0.25, -0.2) is 0 Å². The Kier molecular flexibility index (Phi) is 4.60. The first-order chi connectivity index (χ1) is 3.27. The molecule has 0 aliphatic rings. The summed E-state index contributed by atoms with van der Waals surface area (Å²) in [6.45, 7) is 4.04. The largest absolute Gasteiger partial charge is 0.309 e. The number of hydrogen-bond acceptors (Lipinski definition) is 2. The molecule has 0 fully saturated rings. The minimum atomic E-state index is -0.303. The van der Waals surface area contributed by atoms with Gasteiger partial charge in [0.25, 0.3) is 0 Å². The van der Waals surface area contributed by atoms with E-state index in [1.165, 1.54) is 0 Å². The lowest BCUT2D eigenvalue weighted by Crippen LogP contribution is -1.90. The topological polar surface area (TPSA) is 9.23 Å². The summed E-state index contributed by atoms with van der Waals surface area (Å²) in [6.07, 6.45) is 3.54. The predicted octanol–water partition coefficient (Wildman–Crippen LogP) is 0.814. The Bertz CT molecular complexity index is 79.8. The smallest absolute Gasteiger partial charge is 0.0795 e. The maximum atomic E-state index is 4.92. The summed E-state index contributed by atoms with van der Waals surface area (Å²) in [5.41, 5.74) is 0. The van der Waals surface area contributed by atoms with Gasteiger partial charge in [0.15, 0.2) is 0 Å². The lowest BCUT2D eigenvalue weighted by atomic mass is 10.7. The Labute approximate surface area is 51.2 Å². The van der Waals surface area contributed by atoms with Crippen LogP contribution in [-0.4, -0.2) is 12.9 Å².